The van der Waals surface area contributed by atoms with E-state index in [4.69, 9.17) is 10.5 Å². The first kappa shape index (κ1) is 9.73. The fraction of sp³-hybridized carbons (Fsp3) is 0.385. The predicted octanol–water partition coefficient (Wildman–Crippen LogP) is 1.78. The van der Waals surface area contributed by atoms with E-state index >= 15 is 0 Å². The molecule has 1 aromatic carbocycles. The van der Waals surface area contributed by atoms with E-state index in [1.807, 2.05) is 12.1 Å². The molecule has 0 spiro atoms. The number of para-hydroxylation sites is 1. The lowest BCUT2D eigenvalue weighted by atomic mass is 10.1. The molecule has 1 unspecified atom stereocenters. The van der Waals surface area contributed by atoms with Crippen LogP contribution in [0, 0.1) is 5.92 Å². The third kappa shape index (κ3) is 1.25. The van der Waals surface area contributed by atoms with Crippen molar-refractivity contribution in [2.75, 3.05) is 13.7 Å². The van der Waals surface area contributed by atoms with Gasteiger partial charge in [0.15, 0.2) is 0 Å². The number of nitrogens with two attached hydrogens (primary N) is 1. The molecule has 0 bridgehead atoms. The number of rotatable bonds is 2. The van der Waals surface area contributed by atoms with E-state index in [-0.39, 0.29) is 0 Å². The molecule has 2 N–H and O–H groups in total. The number of benzene rings is 1. The molecule has 2 heterocycles. The van der Waals surface area contributed by atoms with Gasteiger partial charge in [-0.2, -0.15) is 0 Å². The van der Waals surface area contributed by atoms with Crippen molar-refractivity contribution >= 4 is 10.9 Å². The third-order valence-corrected chi connectivity index (χ3v) is 3.46. The summed E-state index contributed by atoms with van der Waals surface area (Å²) in [5.74, 6) is 1.55. The number of nitrogens with zero attached hydrogens (tertiary/aromatic N) is 1. The van der Waals surface area contributed by atoms with Gasteiger partial charge in [0.05, 0.1) is 12.6 Å². The quantitative estimate of drug-likeness (QED) is 0.831. The van der Waals surface area contributed by atoms with Gasteiger partial charge in [0.1, 0.15) is 5.75 Å². The Labute approximate surface area is 94.8 Å². The van der Waals surface area contributed by atoms with Crippen LogP contribution in [0.25, 0.3) is 10.9 Å². The topological polar surface area (TPSA) is 40.2 Å². The van der Waals surface area contributed by atoms with Gasteiger partial charge < -0.3 is 15.0 Å². The Morgan fingerprint density at radius 2 is 2.38 bits per heavy atom. The molecule has 3 nitrogen and oxygen atoms in total. The second-order valence-corrected chi connectivity index (χ2v) is 4.45. The van der Waals surface area contributed by atoms with Gasteiger partial charge in [0, 0.05) is 17.6 Å². The molecule has 0 radical (unpaired) electrons. The first-order chi connectivity index (χ1) is 7.83. The van der Waals surface area contributed by atoms with Crippen LogP contribution in [0.4, 0.5) is 0 Å². The minimum Gasteiger partial charge on any atom is -0.495 e. The molecule has 0 amide bonds. The van der Waals surface area contributed by atoms with Crippen LogP contribution in [0.3, 0.4) is 0 Å². The molecule has 0 fully saturated rings. The summed E-state index contributed by atoms with van der Waals surface area (Å²) in [6, 6.07) is 8.46. The van der Waals surface area contributed by atoms with Crippen molar-refractivity contribution in [1.29, 1.82) is 0 Å². The van der Waals surface area contributed by atoms with Crippen molar-refractivity contribution < 1.29 is 4.74 Å². The van der Waals surface area contributed by atoms with Crippen LogP contribution < -0.4 is 10.5 Å². The van der Waals surface area contributed by atoms with Crippen molar-refractivity contribution in [3.63, 3.8) is 0 Å². The SMILES string of the molecule is COc1cccc2cc3n(c12)CC(CN)C3. The molecule has 0 aliphatic carbocycles. The molecule has 3 heteroatoms. The summed E-state index contributed by atoms with van der Waals surface area (Å²) >= 11 is 0. The number of aromatic nitrogens is 1. The molecule has 3 rings (SSSR count). The van der Waals surface area contributed by atoms with E-state index in [2.05, 4.69) is 16.7 Å². The normalized spacial score (nSPS) is 19.0. The largest absolute Gasteiger partial charge is 0.495 e. The fourth-order valence-corrected chi connectivity index (χ4v) is 2.66. The van der Waals surface area contributed by atoms with E-state index in [1.165, 1.54) is 16.6 Å². The zero-order valence-electron chi connectivity index (χ0n) is 9.44. The Morgan fingerprint density at radius 1 is 1.50 bits per heavy atom. The van der Waals surface area contributed by atoms with Crippen molar-refractivity contribution in [2.24, 2.45) is 11.7 Å². The van der Waals surface area contributed by atoms with Gasteiger partial charge >= 0.3 is 0 Å². The first-order valence-electron chi connectivity index (χ1n) is 5.68. The van der Waals surface area contributed by atoms with Crippen LogP contribution in [0.15, 0.2) is 24.3 Å². The fourth-order valence-electron chi connectivity index (χ4n) is 2.66. The van der Waals surface area contributed by atoms with Gasteiger partial charge in [-0.05, 0) is 31.0 Å². The first-order valence-corrected chi connectivity index (χ1v) is 5.68. The molecule has 2 aromatic rings. The van der Waals surface area contributed by atoms with Crippen LogP contribution in [0.1, 0.15) is 5.69 Å². The number of fused-ring (bicyclic) bond motifs is 3. The van der Waals surface area contributed by atoms with Crippen molar-refractivity contribution in [2.45, 2.75) is 13.0 Å². The Morgan fingerprint density at radius 3 is 3.12 bits per heavy atom. The maximum Gasteiger partial charge on any atom is 0.143 e. The number of hydrogen-bond donors (Lipinski definition) is 1. The van der Waals surface area contributed by atoms with E-state index < -0.39 is 0 Å². The van der Waals surface area contributed by atoms with Crippen molar-refractivity contribution in [1.82, 2.24) is 4.57 Å². The molecule has 1 atom stereocenters. The Kier molecular flexibility index (Phi) is 2.14. The van der Waals surface area contributed by atoms with Crippen molar-refractivity contribution in [3.05, 3.63) is 30.0 Å². The summed E-state index contributed by atoms with van der Waals surface area (Å²) in [7, 11) is 1.73. The van der Waals surface area contributed by atoms with Crippen LogP contribution >= 0.6 is 0 Å². The Hall–Kier alpha value is -1.48. The molecule has 0 saturated carbocycles. The molecular formula is C13H16N2O. The second kappa shape index (κ2) is 3.52. The third-order valence-electron chi connectivity index (χ3n) is 3.46. The van der Waals surface area contributed by atoms with Crippen molar-refractivity contribution in [3.8, 4) is 5.75 Å². The van der Waals surface area contributed by atoms with Crippen LogP contribution in [-0.2, 0) is 13.0 Å². The molecule has 84 valence electrons. The molecule has 1 aliphatic rings. The molecule has 16 heavy (non-hydrogen) atoms. The highest BCUT2D eigenvalue weighted by Crippen LogP contribution is 2.33. The zero-order chi connectivity index (χ0) is 11.1. The molecule has 1 aromatic heterocycles. The number of ether oxygens (including phenoxy) is 1. The van der Waals surface area contributed by atoms with E-state index in [0.29, 0.717) is 5.92 Å². The van der Waals surface area contributed by atoms with Gasteiger partial charge in [-0.3, -0.25) is 0 Å². The lowest BCUT2D eigenvalue weighted by molar-refractivity contribution is 0.416. The van der Waals surface area contributed by atoms with E-state index in [9.17, 15) is 0 Å². The number of methoxy groups -OCH3 is 1. The minimum atomic E-state index is 0.587. The maximum atomic E-state index is 5.74. The van der Waals surface area contributed by atoms with Crippen LogP contribution in [0.5, 0.6) is 5.75 Å². The maximum absolute atomic E-state index is 5.74. The van der Waals surface area contributed by atoms with Crippen LogP contribution in [0.2, 0.25) is 0 Å². The molecule has 0 saturated heterocycles. The van der Waals surface area contributed by atoms with Gasteiger partial charge in [-0.15, -0.1) is 0 Å². The summed E-state index contributed by atoms with van der Waals surface area (Å²) < 4.78 is 7.78. The summed E-state index contributed by atoms with van der Waals surface area (Å²) in [4.78, 5) is 0. The zero-order valence-corrected chi connectivity index (χ0v) is 9.44. The average Bonchev–Trinajstić information content (AvgIpc) is 2.84. The summed E-state index contributed by atoms with van der Waals surface area (Å²) in [6.07, 6.45) is 1.09. The predicted molar refractivity (Wildman–Crippen MR) is 64.7 cm³/mol. The lowest BCUT2D eigenvalue weighted by Gasteiger charge is -2.08. The smallest absolute Gasteiger partial charge is 0.143 e. The number of hydrogen-bond acceptors (Lipinski definition) is 2. The Balaban J connectivity index is 2.19. The van der Waals surface area contributed by atoms with Crippen LogP contribution in [-0.4, -0.2) is 18.2 Å². The monoisotopic (exact) mass is 216 g/mol. The lowest BCUT2D eigenvalue weighted by Crippen LogP contribution is -2.15. The van der Waals surface area contributed by atoms with Gasteiger partial charge in [0.2, 0.25) is 0 Å². The summed E-state index contributed by atoms with van der Waals surface area (Å²) in [5.41, 5.74) is 8.35. The van der Waals surface area contributed by atoms with Gasteiger partial charge in [0.25, 0.3) is 0 Å². The van der Waals surface area contributed by atoms with Gasteiger partial charge in [-0.25, -0.2) is 0 Å². The van der Waals surface area contributed by atoms with Gasteiger partial charge in [-0.1, -0.05) is 12.1 Å². The summed E-state index contributed by atoms with van der Waals surface area (Å²) in [5, 5.41) is 1.27. The highest BCUT2D eigenvalue weighted by Gasteiger charge is 2.23. The second-order valence-electron chi connectivity index (χ2n) is 4.45. The standard InChI is InChI=1S/C13H16N2O/c1-16-12-4-2-3-10-6-11-5-9(7-14)8-15(11)13(10)12/h2-4,6,9H,5,7-8,14H2,1H3. The highest BCUT2D eigenvalue weighted by molar-refractivity contribution is 5.87. The Bertz CT molecular complexity index is 530. The summed E-state index contributed by atoms with van der Waals surface area (Å²) in [6.45, 7) is 1.79. The average molecular weight is 216 g/mol. The molecular weight excluding hydrogens is 200 g/mol. The van der Waals surface area contributed by atoms with E-state index in [1.54, 1.807) is 7.11 Å². The van der Waals surface area contributed by atoms with E-state index in [0.717, 1.165) is 25.3 Å². The minimum absolute atomic E-state index is 0.587. The highest BCUT2D eigenvalue weighted by atomic mass is 16.5. The molecule has 1 aliphatic heterocycles.